The van der Waals surface area contributed by atoms with E-state index >= 15 is 0 Å². The monoisotopic (exact) mass is 506 g/mol. The molecule has 0 aliphatic heterocycles. The molecule has 2 aromatic rings. The smallest absolute Gasteiger partial charge is 0.317 e. The van der Waals surface area contributed by atoms with E-state index in [2.05, 4.69) is 23.8 Å². The summed E-state index contributed by atoms with van der Waals surface area (Å²) in [5, 5.41) is 0. The number of carbonyl (C=O) groups excluding carboxylic acids is 1. The molecule has 3 aliphatic carbocycles. The molecule has 0 radical (unpaired) electrons. The average Bonchev–Trinajstić information content (AvgIpc) is 2.94. The average molecular weight is 507 g/mol. The zero-order valence-corrected chi connectivity index (χ0v) is 23.1. The first-order valence-electron chi connectivity index (χ1n) is 14.9. The van der Waals surface area contributed by atoms with Crippen LogP contribution in [0.2, 0.25) is 0 Å². The van der Waals surface area contributed by atoms with Crippen molar-refractivity contribution < 1.29 is 14.3 Å². The van der Waals surface area contributed by atoms with Crippen molar-refractivity contribution in [1.29, 1.82) is 0 Å². The molecule has 5 nitrogen and oxygen atoms in total. The summed E-state index contributed by atoms with van der Waals surface area (Å²) >= 11 is 0. The number of unbranched alkanes of at least 4 members (excludes halogenated alkanes) is 7. The van der Waals surface area contributed by atoms with Gasteiger partial charge in [-0.3, -0.25) is 4.79 Å². The summed E-state index contributed by atoms with van der Waals surface area (Å²) in [6.07, 6.45) is 22.7. The Morgan fingerprint density at radius 2 is 1.35 bits per heavy atom. The van der Waals surface area contributed by atoms with Gasteiger partial charge in [0, 0.05) is 5.56 Å². The van der Waals surface area contributed by atoms with E-state index in [1.54, 1.807) is 12.4 Å². The lowest BCUT2D eigenvalue weighted by Crippen LogP contribution is -2.47. The SMILES string of the molecule is CCCCCCCCOc1cnc(-c2ccc(OC(=O)C34CCC(CCCCC)(CC3)CC4)cc2)nc1. The molecule has 1 heterocycles. The quantitative estimate of drug-likeness (QED) is 0.137. The molecule has 0 amide bonds. The van der Waals surface area contributed by atoms with Gasteiger partial charge in [-0.1, -0.05) is 65.2 Å². The van der Waals surface area contributed by atoms with Gasteiger partial charge in [0.15, 0.2) is 11.6 Å². The molecule has 0 saturated heterocycles. The van der Waals surface area contributed by atoms with Crippen LogP contribution in [0.15, 0.2) is 36.7 Å². The lowest BCUT2D eigenvalue weighted by Gasteiger charge is -2.52. The largest absolute Gasteiger partial charge is 0.490 e. The van der Waals surface area contributed by atoms with E-state index in [4.69, 9.17) is 9.47 Å². The molecule has 0 N–H and O–H groups in total. The van der Waals surface area contributed by atoms with Crippen molar-refractivity contribution in [2.45, 2.75) is 117 Å². The van der Waals surface area contributed by atoms with Crippen LogP contribution in [0.4, 0.5) is 0 Å². The first-order chi connectivity index (χ1) is 18.1. The van der Waals surface area contributed by atoms with Crippen LogP contribution in [0.1, 0.15) is 117 Å². The van der Waals surface area contributed by atoms with E-state index < -0.39 is 0 Å². The fourth-order valence-electron chi connectivity index (χ4n) is 6.19. The highest BCUT2D eigenvalue weighted by Gasteiger charge is 2.52. The van der Waals surface area contributed by atoms with Crippen LogP contribution in [0.3, 0.4) is 0 Å². The van der Waals surface area contributed by atoms with E-state index in [-0.39, 0.29) is 11.4 Å². The fraction of sp³-hybridized carbons (Fsp3) is 0.656. The number of benzene rings is 1. The molecular weight excluding hydrogens is 460 g/mol. The highest BCUT2D eigenvalue weighted by Crippen LogP contribution is 2.59. The van der Waals surface area contributed by atoms with E-state index in [1.165, 1.54) is 77.0 Å². The van der Waals surface area contributed by atoms with Crippen LogP contribution in [0, 0.1) is 10.8 Å². The minimum Gasteiger partial charge on any atom is -0.490 e. The molecule has 5 rings (SSSR count). The first kappa shape index (κ1) is 27.6. The van der Waals surface area contributed by atoms with Crippen molar-refractivity contribution in [2.75, 3.05) is 6.61 Å². The molecule has 3 fully saturated rings. The Hall–Kier alpha value is -2.43. The molecule has 37 heavy (non-hydrogen) atoms. The van der Waals surface area contributed by atoms with Crippen LogP contribution < -0.4 is 9.47 Å². The summed E-state index contributed by atoms with van der Waals surface area (Å²) in [6.45, 7) is 5.21. The predicted octanol–water partition coefficient (Wildman–Crippen LogP) is 8.71. The van der Waals surface area contributed by atoms with Gasteiger partial charge in [-0.05, 0) is 81.0 Å². The van der Waals surface area contributed by atoms with Gasteiger partial charge in [0.25, 0.3) is 0 Å². The van der Waals surface area contributed by atoms with Gasteiger partial charge in [-0.15, -0.1) is 0 Å². The van der Waals surface area contributed by atoms with Gasteiger partial charge in [0.1, 0.15) is 5.75 Å². The second-order valence-electron chi connectivity index (χ2n) is 11.5. The molecule has 1 aromatic heterocycles. The van der Waals surface area contributed by atoms with Gasteiger partial charge in [-0.25, -0.2) is 9.97 Å². The zero-order valence-electron chi connectivity index (χ0n) is 23.1. The molecule has 0 unspecified atom stereocenters. The Labute approximate surface area is 223 Å². The van der Waals surface area contributed by atoms with Crippen molar-refractivity contribution in [3.8, 4) is 22.9 Å². The molecule has 3 saturated carbocycles. The third kappa shape index (κ3) is 7.33. The molecule has 3 aliphatic rings. The number of esters is 1. The van der Waals surface area contributed by atoms with E-state index in [0.29, 0.717) is 29.3 Å². The van der Waals surface area contributed by atoms with Crippen molar-refractivity contribution in [3.63, 3.8) is 0 Å². The first-order valence-corrected chi connectivity index (χ1v) is 14.9. The topological polar surface area (TPSA) is 61.3 Å². The molecule has 1 aromatic carbocycles. The molecule has 5 heteroatoms. The molecule has 0 atom stereocenters. The molecule has 202 valence electrons. The number of aromatic nitrogens is 2. The number of rotatable bonds is 15. The van der Waals surface area contributed by atoms with Crippen LogP contribution in [-0.4, -0.2) is 22.5 Å². The van der Waals surface area contributed by atoms with Crippen LogP contribution in [-0.2, 0) is 4.79 Å². The van der Waals surface area contributed by atoms with Crippen molar-refractivity contribution in [2.24, 2.45) is 10.8 Å². The van der Waals surface area contributed by atoms with Crippen LogP contribution in [0.25, 0.3) is 11.4 Å². The third-order valence-electron chi connectivity index (χ3n) is 8.86. The summed E-state index contributed by atoms with van der Waals surface area (Å²) in [5.74, 6) is 1.91. The minimum atomic E-state index is -0.278. The van der Waals surface area contributed by atoms with Gasteiger partial charge in [0.2, 0.25) is 0 Å². The van der Waals surface area contributed by atoms with Crippen molar-refractivity contribution >= 4 is 5.97 Å². The summed E-state index contributed by atoms with van der Waals surface area (Å²) in [4.78, 5) is 22.2. The highest BCUT2D eigenvalue weighted by molar-refractivity contribution is 5.79. The van der Waals surface area contributed by atoms with Crippen LogP contribution in [0.5, 0.6) is 11.5 Å². The van der Waals surface area contributed by atoms with E-state index in [1.807, 2.05) is 24.3 Å². The normalized spacial score (nSPS) is 22.6. The maximum Gasteiger partial charge on any atom is 0.317 e. The second kappa shape index (κ2) is 13.4. The number of fused-ring (bicyclic) bond motifs is 3. The van der Waals surface area contributed by atoms with Crippen molar-refractivity contribution in [3.05, 3.63) is 36.7 Å². The number of hydrogen-bond donors (Lipinski definition) is 0. The number of nitrogens with zero attached hydrogens (tertiary/aromatic N) is 2. The Morgan fingerprint density at radius 1 is 0.757 bits per heavy atom. The fourth-order valence-corrected chi connectivity index (χ4v) is 6.19. The number of hydrogen-bond acceptors (Lipinski definition) is 5. The Balaban J connectivity index is 1.23. The Morgan fingerprint density at radius 3 is 2.00 bits per heavy atom. The Kier molecular flexibility index (Phi) is 9.99. The Bertz CT molecular complexity index is 946. The van der Waals surface area contributed by atoms with Gasteiger partial charge in [0.05, 0.1) is 24.4 Å². The van der Waals surface area contributed by atoms with Crippen LogP contribution >= 0.6 is 0 Å². The minimum absolute atomic E-state index is 0.0368. The van der Waals surface area contributed by atoms with E-state index in [9.17, 15) is 4.79 Å². The molecular formula is C32H46N2O3. The third-order valence-corrected chi connectivity index (χ3v) is 8.86. The lowest BCUT2D eigenvalue weighted by atomic mass is 9.52. The number of carbonyl (C=O) groups is 1. The summed E-state index contributed by atoms with van der Waals surface area (Å²) in [6, 6.07) is 7.56. The zero-order chi connectivity index (χ0) is 26.0. The summed E-state index contributed by atoms with van der Waals surface area (Å²) < 4.78 is 11.7. The highest BCUT2D eigenvalue weighted by atomic mass is 16.5. The maximum atomic E-state index is 13.2. The number of ether oxygens (including phenoxy) is 2. The maximum absolute atomic E-state index is 13.2. The second-order valence-corrected chi connectivity index (χ2v) is 11.5. The lowest BCUT2D eigenvalue weighted by molar-refractivity contribution is -0.156. The predicted molar refractivity (Wildman–Crippen MR) is 149 cm³/mol. The summed E-state index contributed by atoms with van der Waals surface area (Å²) in [7, 11) is 0. The van der Waals surface area contributed by atoms with E-state index in [0.717, 1.165) is 31.2 Å². The molecule has 0 spiro atoms. The van der Waals surface area contributed by atoms with Gasteiger partial charge >= 0.3 is 5.97 Å². The summed E-state index contributed by atoms with van der Waals surface area (Å²) in [5.41, 5.74) is 1.11. The van der Waals surface area contributed by atoms with Crippen molar-refractivity contribution in [1.82, 2.24) is 9.97 Å². The molecule has 2 bridgehead atoms. The van der Waals surface area contributed by atoms with Gasteiger partial charge in [-0.2, -0.15) is 0 Å². The standard InChI is InChI=1S/C32H46N2O3/c1-3-5-7-8-9-11-23-36-28-24-33-29(34-25-28)26-12-14-27(15-13-26)37-30(35)32-20-17-31(18-21-32,19-22-32)16-10-6-4-2/h12-15,24-25H,3-11,16-23H2,1-2H3. The van der Waals surface area contributed by atoms with Gasteiger partial charge < -0.3 is 9.47 Å².